The van der Waals surface area contributed by atoms with E-state index < -0.39 is 8.32 Å². The summed E-state index contributed by atoms with van der Waals surface area (Å²) in [6.07, 6.45) is 2.29. The van der Waals surface area contributed by atoms with Crippen molar-refractivity contribution in [3.8, 4) is 0 Å². The van der Waals surface area contributed by atoms with Crippen LogP contribution in [0.3, 0.4) is 0 Å². The van der Waals surface area contributed by atoms with E-state index in [0.717, 1.165) is 6.61 Å². The van der Waals surface area contributed by atoms with Crippen LogP contribution in [-0.4, -0.2) is 14.9 Å². The molecule has 0 aromatic heterocycles. The zero-order valence-electron chi connectivity index (χ0n) is 15.9. The summed E-state index contributed by atoms with van der Waals surface area (Å²) < 4.78 is 8.24. The maximum absolute atomic E-state index is 6.92. The van der Waals surface area contributed by atoms with Crippen LogP contribution < -0.4 is 10.4 Å². The van der Waals surface area contributed by atoms with Gasteiger partial charge in [0.15, 0.2) is 0 Å². The molecule has 2 aromatic rings. The summed E-state index contributed by atoms with van der Waals surface area (Å²) in [5.41, 5.74) is 0. The molecule has 0 spiro atoms. The van der Waals surface area contributed by atoms with Gasteiger partial charge in [0, 0.05) is 6.61 Å². The monoisotopic (exact) mass is 464 g/mol. The van der Waals surface area contributed by atoms with E-state index in [1.165, 1.54) is 14.0 Å². The Labute approximate surface area is 167 Å². The average molecular weight is 464 g/mol. The zero-order valence-corrected chi connectivity index (χ0v) is 19.1. The van der Waals surface area contributed by atoms with Gasteiger partial charge in [-0.1, -0.05) is 94.4 Å². The van der Waals surface area contributed by atoms with Gasteiger partial charge in [-0.05, 0) is 54.4 Å². The minimum Gasteiger partial charge on any atom is -0.407 e. The number of rotatable bonds is 6. The summed E-state index contributed by atoms with van der Waals surface area (Å²) in [6.45, 7) is 12.1. The lowest BCUT2D eigenvalue weighted by atomic mass is 10.2. The molecule has 0 aliphatic rings. The van der Waals surface area contributed by atoms with E-state index in [1.54, 1.807) is 0 Å². The van der Waals surface area contributed by atoms with Gasteiger partial charge in [-0.2, -0.15) is 0 Å². The SMILES string of the molecule is C/C(I)=C/[C@@H](C)CO[Si](c1ccccc1)(c1ccccc1)C(C)(C)C. The Morgan fingerprint density at radius 2 is 1.44 bits per heavy atom. The van der Waals surface area contributed by atoms with E-state index in [4.69, 9.17) is 4.43 Å². The van der Waals surface area contributed by atoms with E-state index in [9.17, 15) is 0 Å². The second kappa shape index (κ2) is 8.65. The molecule has 0 radical (unpaired) electrons. The molecule has 0 bridgehead atoms. The normalized spacial score (nSPS) is 14.4. The van der Waals surface area contributed by atoms with Crippen molar-refractivity contribution in [3.05, 3.63) is 70.3 Å². The van der Waals surface area contributed by atoms with Gasteiger partial charge in [-0.15, -0.1) is 0 Å². The van der Waals surface area contributed by atoms with Crippen LogP contribution in [0.25, 0.3) is 0 Å². The Morgan fingerprint density at radius 3 is 1.80 bits per heavy atom. The van der Waals surface area contributed by atoms with Gasteiger partial charge in [-0.3, -0.25) is 0 Å². The van der Waals surface area contributed by atoms with Gasteiger partial charge in [0.1, 0.15) is 0 Å². The van der Waals surface area contributed by atoms with Crippen molar-refractivity contribution in [3.63, 3.8) is 0 Å². The molecule has 0 N–H and O–H groups in total. The van der Waals surface area contributed by atoms with E-state index in [2.05, 4.69) is 124 Å². The van der Waals surface area contributed by atoms with Crippen LogP contribution >= 0.6 is 22.6 Å². The van der Waals surface area contributed by atoms with Gasteiger partial charge >= 0.3 is 0 Å². The van der Waals surface area contributed by atoms with Gasteiger partial charge in [0.25, 0.3) is 8.32 Å². The van der Waals surface area contributed by atoms with Gasteiger partial charge < -0.3 is 4.43 Å². The van der Waals surface area contributed by atoms with Crippen molar-refractivity contribution in [1.29, 1.82) is 0 Å². The lowest BCUT2D eigenvalue weighted by molar-refractivity contribution is 0.267. The molecule has 0 amide bonds. The smallest absolute Gasteiger partial charge is 0.261 e. The molecule has 134 valence electrons. The predicted molar refractivity (Wildman–Crippen MR) is 121 cm³/mol. The van der Waals surface area contributed by atoms with Gasteiger partial charge in [0.05, 0.1) is 0 Å². The molecule has 1 atom stereocenters. The molecule has 0 heterocycles. The first kappa shape index (κ1) is 20.4. The summed E-state index contributed by atoms with van der Waals surface area (Å²) in [7, 11) is -2.39. The van der Waals surface area contributed by atoms with E-state index in [-0.39, 0.29) is 5.04 Å². The van der Waals surface area contributed by atoms with Crippen LogP contribution in [0.4, 0.5) is 0 Å². The largest absolute Gasteiger partial charge is 0.407 e. The third-order valence-corrected chi connectivity index (χ3v) is 9.86. The molecule has 1 nitrogen and oxygen atoms in total. The lowest BCUT2D eigenvalue weighted by Crippen LogP contribution is -2.66. The quantitative estimate of drug-likeness (QED) is 0.403. The van der Waals surface area contributed by atoms with Crippen molar-refractivity contribution >= 4 is 41.3 Å². The Morgan fingerprint density at radius 1 is 1.00 bits per heavy atom. The molecular weight excluding hydrogens is 435 g/mol. The zero-order chi connectivity index (χ0) is 18.5. The van der Waals surface area contributed by atoms with Crippen molar-refractivity contribution < 1.29 is 4.43 Å². The summed E-state index contributed by atoms with van der Waals surface area (Å²) in [5.74, 6) is 0.401. The molecule has 0 saturated heterocycles. The first-order valence-electron chi connectivity index (χ1n) is 8.86. The standard InChI is InChI=1S/C22H29IOSi/c1-18(16-19(2)23)17-24-25(22(3,4)5,20-12-8-6-9-13-20)21-14-10-7-11-15-21/h6-16,18H,17H2,1-5H3/b19-16-/t18-/m1/s1. The van der Waals surface area contributed by atoms with Crippen LogP contribution in [0.1, 0.15) is 34.6 Å². The highest BCUT2D eigenvalue weighted by Gasteiger charge is 2.50. The molecule has 3 heteroatoms. The summed E-state index contributed by atoms with van der Waals surface area (Å²) in [4.78, 5) is 0. The molecule has 0 aliphatic heterocycles. The van der Waals surface area contributed by atoms with Gasteiger partial charge in [-0.25, -0.2) is 0 Å². The number of hydrogen-bond acceptors (Lipinski definition) is 1. The highest BCUT2D eigenvalue weighted by molar-refractivity contribution is 14.1. The average Bonchev–Trinajstić information content (AvgIpc) is 2.55. The first-order valence-corrected chi connectivity index (χ1v) is 11.8. The number of hydrogen-bond donors (Lipinski definition) is 0. The number of halogens is 1. The van der Waals surface area contributed by atoms with Crippen LogP contribution in [0.2, 0.25) is 5.04 Å². The minimum absolute atomic E-state index is 0.0402. The highest BCUT2D eigenvalue weighted by atomic mass is 127. The molecule has 0 unspecified atom stereocenters. The van der Waals surface area contributed by atoms with Crippen LogP contribution in [0.5, 0.6) is 0 Å². The molecule has 0 fully saturated rings. The molecule has 0 saturated carbocycles. The maximum atomic E-state index is 6.92. The minimum atomic E-state index is -2.39. The van der Waals surface area contributed by atoms with Crippen molar-refractivity contribution in [2.24, 2.45) is 5.92 Å². The Balaban J connectivity index is 2.55. The molecule has 0 aliphatic carbocycles. The molecule has 2 rings (SSSR count). The third kappa shape index (κ3) is 4.83. The van der Waals surface area contributed by atoms with E-state index >= 15 is 0 Å². The number of allylic oxidation sites excluding steroid dienone is 1. The van der Waals surface area contributed by atoms with E-state index in [0.29, 0.717) is 5.92 Å². The second-order valence-electron chi connectivity index (χ2n) is 7.70. The van der Waals surface area contributed by atoms with Crippen molar-refractivity contribution in [1.82, 2.24) is 0 Å². The second-order valence-corrected chi connectivity index (χ2v) is 13.7. The molecule has 25 heavy (non-hydrogen) atoms. The first-order chi connectivity index (χ1) is 11.8. The van der Waals surface area contributed by atoms with Gasteiger partial charge in [0.2, 0.25) is 0 Å². The van der Waals surface area contributed by atoms with Crippen LogP contribution in [0, 0.1) is 5.92 Å². The summed E-state index contributed by atoms with van der Waals surface area (Å²) >= 11 is 2.37. The fraction of sp³-hybridized carbons (Fsp3) is 0.364. The summed E-state index contributed by atoms with van der Waals surface area (Å²) in [6, 6.07) is 21.7. The Hall–Kier alpha value is -0.913. The van der Waals surface area contributed by atoms with Crippen molar-refractivity contribution in [2.75, 3.05) is 6.61 Å². The predicted octanol–water partition coefficient (Wildman–Crippen LogP) is 5.54. The molecule has 2 aromatic carbocycles. The fourth-order valence-corrected chi connectivity index (χ4v) is 8.74. The molecular formula is C22H29IOSi. The fourth-order valence-electron chi connectivity index (χ4n) is 3.46. The van der Waals surface area contributed by atoms with Crippen LogP contribution in [-0.2, 0) is 4.43 Å². The van der Waals surface area contributed by atoms with Crippen molar-refractivity contribution in [2.45, 2.75) is 39.7 Å². The number of benzene rings is 2. The third-order valence-electron chi connectivity index (χ3n) is 4.49. The Bertz CT molecular complexity index is 645. The maximum Gasteiger partial charge on any atom is 0.261 e. The highest BCUT2D eigenvalue weighted by Crippen LogP contribution is 2.37. The van der Waals surface area contributed by atoms with E-state index in [1.807, 2.05) is 0 Å². The lowest BCUT2D eigenvalue weighted by Gasteiger charge is -2.43. The topological polar surface area (TPSA) is 9.23 Å². The summed E-state index contributed by atoms with van der Waals surface area (Å²) in [5, 5.41) is 2.73. The van der Waals surface area contributed by atoms with Crippen LogP contribution in [0.15, 0.2) is 70.3 Å². The Kier molecular flexibility index (Phi) is 7.06.